The quantitative estimate of drug-likeness (QED) is 0.821. The minimum atomic E-state index is -3.77. The van der Waals surface area contributed by atoms with Crippen molar-refractivity contribution < 1.29 is 13.2 Å². The maximum Gasteiger partial charge on any atom is 0.263 e. The number of aryl methyl sites for hydroxylation is 1. The normalized spacial score (nSPS) is 16.6. The molecule has 0 aromatic carbocycles. The number of amides is 1. The van der Waals surface area contributed by atoms with E-state index in [1.807, 2.05) is 0 Å². The fourth-order valence-electron chi connectivity index (χ4n) is 2.73. The maximum atomic E-state index is 12.7. The molecule has 0 saturated carbocycles. The largest absolute Gasteiger partial charge is 0.324 e. The fraction of sp³-hybridized carbons (Fsp3) is 0.400. The number of imidazole rings is 1. The van der Waals surface area contributed by atoms with E-state index in [-0.39, 0.29) is 35.1 Å². The molecule has 1 fully saturated rings. The van der Waals surface area contributed by atoms with Gasteiger partial charge in [0.05, 0.1) is 11.3 Å². The molecule has 11 heteroatoms. The lowest BCUT2D eigenvalue weighted by atomic mass is 9.97. The summed E-state index contributed by atoms with van der Waals surface area (Å²) in [6.45, 7) is 0.447. The zero-order valence-corrected chi connectivity index (χ0v) is 16.2. The van der Waals surface area contributed by atoms with E-state index in [1.165, 1.54) is 21.4 Å². The van der Waals surface area contributed by atoms with Gasteiger partial charge >= 0.3 is 0 Å². The molecule has 1 saturated heterocycles. The van der Waals surface area contributed by atoms with Crippen molar-refractivity contribution in [1.82, 2.24) is 18.8 Å². The predicted octanol–water partition coefficient (Wildman–Crippen LogP) is 2.16. The molecule has 1 aliphatic heterocycles. The molecule has 1 N–H and O–H groups in total. The van der Waals surface area contributed by atoms with Gasteiger partial charge in [-0.05, 0) is 25.0 Å². The molecule has 140 valence electrons. The molecule has 2 aromatic heterocycles. The lowest BCUT2D eigenvalue weighted by Crippen LogP contribution is -2.41. The molecule has 1 aliphatic rings. The molecule has 2 aromatic rings. The van der Waals surface area contributed by atoms with Crippen LogP contribution < -0.4 is 5.32 Å². The summed E-state index contributed by atoms with van der Waals surface area (Å²) < 4.78 is 28.1. The number of hydrogen-bond donors (Lipinski definition) is 1. The Labute approximate surface area is 161 Å². The first kappa shape index (κ1) is 19.1. The van der Waals surface area contributed by atoms with Crippen molar-refractivity contribution in [2.45, 2.75) is 17.9 Å². The van der Waals surface area contributed by atoms with Gasteiger partial charge in [0, 0.05) is 32.3 Å². The lowest BCUT2D eigenvalue weighted by molar-refractivity contribution is -0.120. The molecular formula is C15H17Cl2N5O3S. The van der Waals surface area contributed by atoms with Crippen LogP contribution in [0.2, 0.25) is 10.2 Å². The van der Waals surface area contributed by atoms with Crippen molar-refractivity contribution in [2.24, 2.45) is 13.0 Å². The number of aromatic nitrogens is 3. The van der Waals surface area contributed by atoms with E-state index in [1.54, 1.807) is 19.2 Å². The van der Waals surface area contributed by atoms with Gasteiger partial charge in [-0.1, -0.05) is 23.2 Å². The highest BCUT2D eigenvalue weighted by Gasteiger charge is 2.35. The number of halogens is 2. The summed E-state index contributed by atoms with van der Waals surface area (Å²) >= 11 is 11.8. The van der Waals surface area contributed by atoms with Crippen LogP contribution >= 0.6 is 23.2 Å². The smallest absolute Gasteiger partial charge is 0.263 e. The zero-order valence-electron chi connectivity index (χ0n) is 13.9. The maximum absolute atomic E-state index is 12.7. The zero-order chi connectivity index (χ0) is 18.9. The van der Waals surface area contributed by atoms with Crippen LogP contribution in [-0.2, 0) is 21.9 Å². The van der Waals surface area contributed by atoms with Gasteiger partial charge in [0.2, 0.25) is 10.9 Å². The molecule has 1 amide bonds. The molecule has 0 radical (unpaired) electrons. The van der Waals surface area contributed by atoms with Crippen LogP contribution in [0.3, 0.4) is 0 Å². The molecule has 0 atom stereocenters. The first-order chi connectivity index (χ1) is 12.3. The minimum absolute atomic E-state index is 0.0682. The number of piperidine rings is 1. The van der Waals surface area contributed by atoms with E-state index in [9.17, 15) is 13.2 Å². The number of hydrogen-bond acceptors (Lipinski definition) is 5. The van der Waals surface area contributed by atoms with Crippen LogP contribution in [0.5, 0.6) is 0 Å². The second-order valence-electron chi connectivity index (χ2n) is 5.98. The number of carbonyl (C=O) groups excluding carboxylic acids is 1. The van der Waals surface area contributed by atoms with Gasteiger partial charge in [-0.2, -0.15) is 4.31 Å². The summed E-state index contributed by atoms with van der Waals surface area (Å²) in [5.74, 6) is -0.0689. The van der Waals surface area contributed by atoms with E-state index in [0.29, 0.717) is 23.7 Å². The summed E-state index contributed by atoms with van der Waals surface area (Å²) in [6.07, 6.45) is 3.61. The monoisotopic (exact) mass is 417 g/mol. The summed E-state index contributed by atoms with van der Waals surface area (Å²) in [5.41, 5.74) is 0. The van der Waals surface area contributed by atoms with Crippen molar-refractivity contribution >= 4 is 45.0 Å². The summed E-state index contributed by atoms with van der Waals surface area (Å²) in [4.78, 5) is 20.3. The third-order valence-electron chi connectivity index (χ3n) is 4.22. The highest BCUT2D eigenvalue weighted by molar-refractivity contribution is 7.89. The number of sulfonamides is 1. The fourth-order valence-corrected chi connectivity index (χ4v) is 4.70. The average Bonchev–Trinajstić information content (AvgIpc) is 2.97. The molecule has 0 spiro atoms. The average molecular weight is 418 g/mol. The molecule has 3 rings (SSSR count). The van der Waals surface area contributed by atoms with Crippen molar-refractivity contribution in [2.75, 3.05) is 18.4 Å². The van der Waals surface area contributed by atoms with Gasteiger partial charge in [0.25, 0.3) is 10.0 Å². The topological polar surface area (TPSA) is 97.2 Å². The van der Waals surface area contributed by atoms with Crippen LogP contribution in [0.4, 0.5) is 5.82 Å². The highest BCUT2D eigenvalue weighted by Crippen LogP contribution is 2.27. The Morgan fingerprint density at radius 3 is 2.46 bits per heavy atom. The number of pyridine rings is 1. The Balaban J connectivity index is 1.62. The van der Waals surface area contributed by atoms with E-state index in [0.717, 1.165) is 0 Å². The van der Waals surface area contributed by atoms with Crippen LogP contribution in [0.25, 0.3) is 0 Å². The Hall–Kier alpha value is -1.68. The SMILES string of the molecule is Cn1cnc(S(=O)(=O)N2CCC(C(=O)Nc3ccc(Cl)cn3)CC2)c1Cl. The summed E-state index contributed by atoms with van der Waals surface area (Å²) in [7, 11) is -2.15. The number of carbonyl (C=O) groups is 1. The van der Waals surface area contributed by atoms with E-state index < -0.39 is 10.0 Å². The molecule has 0 aliphatic carbocycles. The first-order valence-corrected chi connectivity index (χ1v) is 10.1. The summed E-state index contributed by atoms with van der Waals surface area (Å²) in [5, 5.41) is 3.12. The van der Waals surface area contributed by atoms with Crippen LogP contribution in [0, 0.1) is 5.92 Å². The molecule has 3 heterocycles. The molecule has 0 bridgehead atoms. The van der Waals surface area contributed by atoms with Crippen molar-refractivity contribution in [3.05, 3.63) is 34.8 Å². The van der Waals surface area contributed by atoms with E-state index in [2.05, 4.69) is 15.3 Å². The van der Waals surface area contributed by atoms with E-state index >= 15 is 0 Å². The third-order valence-corrected chi connectivity index (χ3v) is 6.84. The van der Waals surface area contributed by atoms with Gasteiger partial charge in [-0.15, -0.1) is 0 Å². The van der Waals surface area contributed by atoms with Gasteiger partial charge in [-0.25, -0.2) is 18.4 Å². The van der Waals surface area contributed by atoms with Crippen molar-refractivity contribution in [3.8, 4) is 0 Å². The van der Waals surface area contributed by atoms with Gasteiger partial charge in [0.1, 0.15) is 11.0 Å². The third kappa shape index (κ3) is 3.85. The number of nitrogens with zero attached hydrogens (tertiary/aromatic N) is 4. The number of rotatable bonds is 4. The Kier molecular flexibility index (Phi) is 5.52. The predicted molar refractivity (Wildman–Crippen MR) is 97.6 cm³/mol. The number of anilines is 1. The van der Waals surface area contributed by atoms with Crippen LogP contribution in [-0.4, -0.2) is 46.3 Å². The standard InChI is InChI=1S/C15H17Cl2N5O3S/c1-21-9-19-15(13(21)17)26(24,25)22-6-4-10(5-7-22)14(23)20-12-3-2-11(16)8-18-12/h2-3,8-10H,4-7H2,1H3,(H,18,20,23). The lowest BCUT2D eigenvalue weighted by Gasteiger charge is -2.29. The Morgan fingerprint density at radius 2 is 1.92 bits per heavy atom. The summed E-state index contributed by atoms with van der Waals surface area (Å²) in [6, 6.07) is 3.25. The Morgan fingerprint density at radius 1 is 1.23 bits per heavy atom. The van der Waals surface area contributed by atoms with Gasteiger partial charge in [-0.3, -0.25) is 4.79 Å². The number of nitrogens with one attached hydrogen (secondary N) is 1. The van der Waals surface area contributed by atoms with Crippen molar-refractivity contribution in [3.63, 3.8) is 0 Å². The minimum Gasteiger partial charge on any atom is -0.324 e. The highest BCUT2D eigenvalue weighted by atomic mass is 35.5. The first-order valence-electron chi connectivity index (χ1n) is 7.88. The Bertz CT molecular complexity index is 906. The molecule has 0 unspecified atom stereocenters. The van der Waals surface area contributed by atoms with E-state index in [4.69, 9.17) is 23.2 Å². The second kappa shape index (κ2) is 7.51. The second-order valence-corrected chi connectivity index (χ2v) is 8.63. The van der Waals surface area contributed by atoms with Gasteiger partial charge < -0.3 is 9.88 Å². The molecular weight excluding hydrogens is 401 g/mol. The molecule has 26 heavy (non-hydrogen) atoms. The molecule has 8 nitrogen and oxygen atoms in total. The van der Waals surface area contributed by atoms with Crippen LogP contribution in [0.15, 0.2) is 29.7 Å². The van der Waals surface area contributed by atoms with Crippen LogP contribution in [0.1, 0.15) is 12.8 Å². The van der Waals surface area contributed by atoms with Crippen molar-refractivity contribution in [1.29, 1.82) is 0 Å². The van der Waals surface area contributed by atoms with Gasteiger partial charge in [0.15, 0.2) is 0 Å².